The number of aryl methyl sites for hydroxylation is 1. The van der Waals surface area contributed by atoms with Gasteiger partial charge in [0, 0.05) is 30.1 Å². The van der Waals surface area contributed by atoms with E-state index in [1.165, 1.54) is 6.26 Å². The van der Waals surface area contributed by atoms with Crippen molar-refractivity contribution in [3.63, 3.8) is 0 Å². The Labute approximate surface area is 100 Å². The Morgan fingerprint density at radius 1 is 1.56 bits per heavy atom. The van der Waals surface area contributed by atoms with E-state index < -0.39 is 10.0 Å². The second-order valence-corrected chi connectivity index (χ2v) is 7.16. The number of piperidine rings is 1. The van der Waals surface area contributed by atoms with Gasteiger partial charge in [-0.15, -0.1) is 11.3 Å². The number of hydrogen-bond acceptors (Lipinski definition) is 4. The molecular formula is C10H16N2O2S2. The molecule has 0 radical (unpaired) electrons. The van der Waals surface area contributed by atoms with Gasteiger partial charge in [-0.1, -0.05) is 0 Å². The summed E-state index contributed by atoms with van der Waals surface area (Å²) in [6, 6.07) is 0. The van der Waals surface area contributed by atoms with Crippen LogP contribution in [0.3, 0.4) is 0 Å². The van der Waals surface area contributed by atoms with Gasteiger partial charge in [0.1, 0.15) is 0 Å². The van der Waals surface area contributed by atoms with E-state index in [0.29, 0.717) is 13.1 Å². The summed E-state index contributed by atoms with van der Waals surface area (Å²) in [6.45, 7) is 3.21. The maximum absolute atomic E-state index is 11.5. The molecule has 1 aliphatic heterocycles. The molecule has 6 heteroatoms. The molecule has 1 saturated heterocycles. The summed E-state index contributed by atoms with van der Waals surface area (Å²) in [6.07, 6.45) is 3.25. The smallest absolute Gasteiger partial charge is 0.211 e. The molecule has 2 rings (SSSR count). The highest BCUT2D eigenvalue weighted by molar-refractivity contribution is 7.88. The number of nitrogens with zero attached hydrogens (tertiary/aromatic N) is 2. The van der Waals surface area contributed by atoms with Crippen LogP contribution in [0.5, 0.6) is 0 Å². The van der Waals surface area contributed by atoms with Crippen LogP contribution in [0.4, 0.5) is 0 Å². The molecule has 0 spiro atoms. The van der Waals surface area contributed by atoms with Crippen molar-refractivity contribution in [1.82, 2.24) is 9.29 Å². The molecule has 2 heterocycles. The number of hydrogen-bond donors (Lipinski definition) is 0. The maximum Gasteiger partial charge on any atom is 0.211 e. The molecular weight excluding hydrogens is 244 g/mol. The molecule has 0 bridgehead atoms. The van der Waals surface area contributed by atoms with Crippen molar-refractivity contribution < 1.29 is 8.42 Å². The van der Waals surface area contributed by atoms with Crippen LogP contribution in [0.2, 0.25) is 0 Å². The summed E-state index contributed by atoms with van der Waals surface area (Å²) in [7, 11) is -3.05. The van der Waals surface area contributed by atoms with Crippen LogP contribution in [0.1, 0.15) is 29.5 Å². The minimum absolute atomic E-state index is 0.280. The van der Waals surface area contributed by atoms with Gasteiger partial charge in [0.05, 0.1) is 11.3 Å². The Balaban J connectivity index is 2.13. The van der Waals surface area contributed by atoms with Gasteiger partial charge in [-0.2, -0.15) is 0 Å². The summed E-state index contributed by atoms with van der Waals surface area (Å²) in [5, 5.41) is 3.10. The van der Waals surface area contributed by atoms with Crippen molar-refractivity contribution in [2.45, 2.75) is 25.7 Å². The summed E-state index contributed by atoms with van der Waals surface area (Å²) < 4.78 is 24.5. The molecule has 16 heavy (non-hydrogen) atoms. The van der Waals surface area contributed by atoms with E-state index in [9.17, 15) is 8.42 Å². The predicted octanol–water partition coefficient (Wildman–Crippen LogP) is 1.59. The van der Waals surface area contributed by atoms with Crippen LogP contribution in [0.25, 0.3) is 0 Å². The lowest BCUT2D eigenvalue weighted by molar-refractivity contribution is 0.317. The fourth-order valence-electron chi connectivity index (χ4n) is 2.00. The van der Waals surface area contributed by atoms with Crippen LogP contribution < -0.4 is 0 Å². The van der Waals surface area contributed by atoms with E-state index >= 15 is 0 Å². The first-order valence-electron chi connectivity index (χ1n) is 5.34. The zero-order chi connectivity index (χ0) is 11.8. The topological polar surface area (TPSA) is 50.3 Å². The Bertz CT molecular complexity index is 467. The highest BCUT2D eigenvalue weighted by Crippen LogP contribution is 2.29. The van der Waals surface area contributed by atoms with Crippen LogP contribution in [0.15, 0.2) is 5.38 Å². The highest BCUT2D eigenvalue weighted by Gasteiger charge is 2.28. The van der Waals surface area contributed by atoms with Gasteiger partial charge in [0.15, 0.2) is 0 Å². The Morgan fingerprint density at radius 2 is 2.31 bits per heavy atom. The third kappa shape index (κ3) is 2.61. The van der Waals surface area contributed by atoms with Gasteiger partial charge in [0.2, 0.25) is 10.0 Å². The van der Waals surface area contributed by atoms with Gasteiger partial charge in [-0.3, -0.25) is 0 Å². The number of rotatable bonds is 2. The van der Waals surface area contributed by atoms with E-state index in [1.807, 2.05) is 12.3 Å². The van der Waals surface area contributed by atoms with Gasteiger partial charge in [-0.05, 0) is 19.8 Å². The Kier molecular flexibility index (Phi) is 3.32. The van der Waals surface area contributed by atoms with Crippen molar-refractivity contribution in [2.24, 2.45) is 0 Å². The van der Waals surface area contributed by atoms with E-state index in [0.717, 1.165) is 23.5 Å². The first kappa shape index (κ1) is 12.0. The van der Waals surface area contributed by atoms with Crippen molar-refractivity contribution in [3.05, 3.63) is 16.1 Å². The first-order valence-corrected chi connectivity index (χ1v) is 8.07. The molecule has 0 N–H and O–H groups in total. The quantitative estimate of drug-likeness (QED) is 0.811. The average molecular weight is 260 g/mol. The number of thiazole rings is 1. The third-order valence-electron chi connectivity index (χ3n) is 2.84. The lowest BCUT2D eigenvalue weighted by Gasteiger charge is -2.29. The molecule has 1 aromatic heterocycles. The zero-order valence-electron chi connectivity index (χ0n) is 9.51. The third-order valence-corrected chi connectivity index (χ3v) is 5.23. The number of aromatic nitrogens is 1. The molecule has 1 aromatic rings. The average Bonchev–Trinajstić information content (AvgIpc) is 2.64. The molecule has 0 aromatic carbocycles. The van der Waals surface area contributed by atoms with Crippen LogP contribution in [-0.4, -0.2) is 37.1 Å². The van der Waals surface area contributed by atoms with Crippen LogP contribution in [0, 0.1) is 6.92 Å². The Hall–Kier alpha value is -0.460. The fourth-order valence-corrected chi connectivity index (χ4v) is 3.84. The van der Waals surface area contributed by atoms with Gasteiger partial charge in [-0.25, -0.2) is 17.7 Å². The van der Waals surface area contributed by atoms with E-state index in [-0.39, 0.29) is 5.92 Å². The second kappa shape index (κ2) is 4.43. The molecule has 0 amide bonds. The van der Waals surface area contributed by atoms with Crippen LogP contribution >= 0.6 is 11.3 Å². The monoisotopic (exact) mass is 260 g/mol. The molecule has 0 aliphatic carbocycles. The molecule has 4 nitrogen and oxygen atoms in total. The van der Waals surface area contributed by atoms with Gasteiger partial charge >= 0.3 is 0 Å². The Morgan fingerprint density at radius 3 is 2.88 bits per heavy atom. The van der Waals surface area contributed by atoms with E-state index in [4.69, 9.17) is 0 Å². The van der Waals surface area contributed by atoms with Crippen molar-refractivity contribution in [3.8, 4) is 0 Å². The minimum atomic E-state index is -3.05. The lowest BCUT2D eigenvalue weighted by Crippen LogP contribution is -2.38. The minimum Gasteiger partial charge on any atom is -0.246 e. The molecule has 90 valence electrons. The SMILES string of the molecule is Cc1csc(C2CCCN(S(C)(=O)=O)C2)n1. The molecule has 1 atom stereocenters. The van der Waals surface area contributed by atoms with Crippen molar-refractivity contribution >= 4 is 21.4 Å². The van der Waals surface area contributed by atoms with Crippen molar-refractivity contribution in [1.29, 1.82) is 0 Å². The van der Waals surface area contributed by atoms with E-state index in [2.05, 4.69) is 4.98 Å². The maximum atomic E-state index is 11.5. The second-order valence-electron chi connectivity index (χ2n) is 4.29. The zero-order valence-corrected chi connectivity index (χ0v) is 11.1. The van der Waals surface area contributed by atoms with Gasteiger partial charge in [0.25, 0.3) is 0 Å². The van der Waals surface area contributed by atoms with Crippen molar-refractivity contribution in [2.75, 3.05) is 19.3 Å². The molecule has 1 unspecified atom stereocenters. The number of sulfonamides is 1. The standard InChI is InChI=1S/C10H16N2O2S2/c1-8-7-15-10(11-8)9-4-3-5-12(6-9)16(2,13)14/h7,9H,3-6H2,1-2H3. The first-order chi connectivity index (χ1) is 7.47. The van der Waals surface area contributed by atoms with Gasteiger partial charge < -0.3 is 0 Å². The van der Waals surface area contributed by atoms with Crippen LogP contribution in [-0.2, 0) is 10.0 Å². The lowest BCUT2D eigenvalue weighted by atomic mass is 10.0. The summed E-state index contributed by atoms with van der Waals surface area (Å²) in [4.78, 5) is 4.45. The normalized spacial score (nSPS) is 23.5. The summed E-state index contributed by atoms with van der Waals surface area (Å²) >= 11 is 1.64. The summed E-state index contributed by atoms with van der Waals surface area (Å²) in [5.74, 6) is 0.280. The van der Waals surface area contributed by atoms with E-state index in [1.54, 1.807) is 15.6 Å². The predicted molar refractivity (Wildman–Crippen MR) is 65.2 cm³/mol. The molecule has 1 aliphatic rings. The molecule has 0 saturated carbocycles. The highest BCUT2D eigenvalue weighted by atomic mass is 32.2. The molecule has 1 fully saturated rings. The summed E-state index contributed by atoms with van der Waals surface area (Å²) in [5.41, 5.74) is 1.02. The largest absolute Gasteiger partial charge is 0.246 e. The fraction of sp³-hybridized carbons (Fsp3) is 0.700.